The predicted octanol–water partition coefficient (Wildman–Crippen LogP) is 30.3. The van der Waals surface area contributed by atoms with Gasteiger partial charge in [0.05, 0.1) is 94.2 Å². The largest absolute Gasteiger partial charge is 0.455 e. The zero-order valence-corrected chi connectivity index (χ0v) is 87.7. The van der Waals surface area contributed by atoms with Gasteiger partial charge in [0, 0.05) is 165 Å². The Bertz CT molecular complexity index is 9910. The summed E-state index contributed by atoms with van der Waals surface area (Å²) in [6.07, 6.45) is -6.59. The van der Waals surface area contributed by atoms with E-state index in [-0.39, 0.29) is 64.8 Å². The molecule has 724 valence electrons. The Labute approximate surface area is 872 Å². The van der Waals surface area contributed by atoms with Gasteiger partial charge in [0.15, 0.2) is 28.5 Å². The van der Waals surface area contributed by atoms with Gasteiger partial charge in [0.25, 0.3) is 0 Å². The first-order chi connectivity index (χ1) is 75.7. The molecule has 15 nitrogen and oxygen atoms in total. The molecule has 0 aliphatic rings. The zero-order valence-electron chi connectivity index (χ0n) is 106. The molecule has 1 unspecified atom stereocenters. The standard InChI is InChI=1S/4C26H27N2O.C25H25N2O/c2*1-15(2)11-19-12-18(5)28(6)22(13-19)23-16(3)8-10-21-24-20(14-27)9-7-17(4)25(24)29-26(21)23;2*1-15(2)9-19-12-18(5)28(6)22(13-19)24-17(4)7-8-21-25-20(14-27)10-16(3)11-23(25)29-26(21)24;1-14(2)18-11-17(5)27(6)21(12-18)23-16(4)7-8-20-24-19(13-26)9-15(3)10-22(24)28-25(20)23/h2*7-10,12-13,15H,11H2,1-6H3;2*7-8,10-13,15H,9H2,1-6H3;7-12,14H,1-6H3/q5*+1/i11D2,12D,13D;11D2;9D2,12D,13D;9D2;1D3,11D,12D,14D. The molecule has 0 saturated carbocycles. The third-order valence-electron chi connectivity index (χ3n) is 26.9. The van der Waals surface area contributed by atoms with Crippen LogP contribution in [0.25, 0.3) is 166 Å². The second-order valence-corrected chi connectivity index (χ2v) is 39.4. The average Bonchev–Trinajstić information content (AvgIpc) is 1.37. The number of fused-ring (bicyclic) bond motifs is 15. The highest BCUT2D eigenvalue weighted by Crippen LogP contribution is 2.47. The molecule has 0 fully saturated rings. The Kier molecular flexibility index (Phi) is 22.7. The van der Waals surface area contributed by atoms with Crippen molar-refractivity contribution >= 4 is 110 Å². The van der Waals surface area contributed by atoms with Crippen LogP contribution in [0.1, 0.15) is 239 Å². The van der Waals surface area contributed by atoms with Crippen LogP contribution in [0.15, 0.2) is 204 Å². The normalized spacial score (nSPS) is 14.2. The first kappa shape index (κ1) is 80.0. The molecule has 144 heavy (non-hydrogen) atoms. The first-order valence-electron chi connectivity index (χ1n) is 57.6. The number of furan rings is 5. The summed E-state index contributed by atoms with van der Waals surface area (Å²) in [6, 6.07) is 57.1. The summed E-state index contributed by atoms with van der Waals surface area (Å²) in [5.74, 6) is -3.28. The fourth-order valence-corrected chi connectivity index (χ4v) is 19.4. The van der Waals surface area contributed by atoms with Gasteiger partial charge in [-0.1, -0.05) is 142 Å². The van der Waals surface area contributed by atoms with Gasteiger partial charge in [-0.2, -0.15) is 49.1 Å². The minimum absolute atomic E-state index is 0.0138. The first-order valence-corrected chi connectivity index (χ1v) is 48.6. The maximum absolute atomic E-state index is 9.72. The van der Waals surface area contributed by atoms with E-state index in [0.29, 0.717) is 140 Å². The van der Waals surface area contributed by atoms with Gasteiger partial charge in [-0.25, -0.2) is 0 Å². The SMILES string of the molecule is [2H]C([2H])(c1cc(C)[n+](C)c(-c2c(C)ccc3c2oc2c(C)ccc(C#N)c23)c1)C(C)C.[2H]C([2H])(c1cc(C)[n+](C)c(-c2c(C)ccc3c2oc2cc(C)cc(C#N)c23)c1)C(C)C.[2H]c1c(C([2H])(C)C([2H])([2H])[2H])c([2H])c(-c2c(C)ccc3c2oc2cc(C)cc(C#N)c23)[n+](C)c1C.[2H]c1c(C([2H])([2H])C(C)C)c([2H])c(-c2c(C)ccc3c2oc2c(C)ccc(C#N)c23)[n+](C)c1C.[2H]c1c(C([2H])([2H])C(C)C)c([2H])c(-c2c(C)ccc3c2oc2cc(C)cc(C#N)c23)[n+](C)c1C. The summed E-state index contributed by atoms with van der Waals surface area (Å²) in [5, 5.41) is 56.4. The van der Waals surface area contributed by atoms with Gasteiger partial charge in [-0.05, 0) is 256 Å². The smallest absolute Gasteiger partial charge is 0.216 e. The molecule has 1 atom stereocenters. The van der Waals surface area contributed by atoms with Crippen molar-refractivity contribution in [2.24, 2.45) is 58.9 Å². The quantitative estimate of drug-likeness (QED) is 0.0942. The van der Waals surface area contributed by atoms with Gasteiger partial charge in [-0.3, -0.25) is 0 Å². The van der Waals surface area contributed by atoms with Crippen molar-refractivity contribution < 1.29 is 69.6 Å². The van der Waals surface area contributed by atoms with E-state index >= 15 is 0 Å². The number of rotatable bonds is 14. The maximum Gasteiger partial charge on any atom is 0.216 e. The van der Waals surface area contributed by atoms with Crippen LogP contribution < -0.4 is 22.8 Å². The monoisotopic (exact) mass is 1920 g/mol. The highest BCUT2D eigenvalue weighted by molar-refractivity contribution is 6.17. The van der Waals surface area contributed by atoms with Gasteiger partial charge in [0.2, 0.25) is 28.5 Å². The van der Waals surface area contributed by atoms with Crippen LogP contribution >= 0.6 is 0 Å². The van der Waals surface area contributed by atoms with Crippen molar-refractivity contribution in [2.45, 2.75) is 204 Å². The summed E-state index contributed by atoms with van der Waals surface area (Å²) >= 11 is 0. The van der Waals surface area contributed by atoms with Crippen molar-refractivity contribution in [3.05, 3.63) is 322 Å². The predicted molar refractivity (Wildman–Crippen MR) is 585 cm³/mol. The van der Waals surface area contributed by atoms with Crippen LogP contribution in [0.5, 0.6) is 0 Å². The number of hydrogen-bond acceptors (Lipinski definition) is 10. The lowest BCUT2D eigenvalue weighted by molar-refractivity contribution is -0.666. The molecule has 10 aromatic carbocycles. The van der Waals surface area contributed by atoms with E-state index in [9.17, 15) is 26.3 Å². The van der Waals surface area contributed by atoms with Crippen LogP contribution in [0.4, 0.5) is 0 Å². The molecule has 0 aliphatic heterocycles. The molecule has 15 heteroatoms. The summed E-state index contributed by atoms with van der Waals surface area (Å²) in [7, 11) is 9.29. The second-order valence-electron chi connectivity index (χ2n) is 39.4. The topological polar surface area (TPSA) is 204 Å². The summed E-state index contributed by atoms with van der Waals surface area (Å²) in [6.45, 7) is 41.8. The molecule has 0 bridgehead atoms. The molecule has 20 aromatic rings. The Hall–Kier alpha value is -15.6. The van der Waals surface area contributed by atoms with Gasteiger partial charge >= 0.3 is 0 Å². The fourth-order valence-electron chi connectivity index (χ4n) is 19.4. The van der Waals surface area contributed by atoms with Gasteiger partial charge < -0.3 is 22.1 Å². The van der Waals surface area contributed by atoms with Crippen molar-refractivity contribution in [1.29, 1.82) is 26.3 Å². The molecule has 0 amide bonds. The molecule has 0 aliphatic carbocycles. The maximum atomic E-state index is 9.72. The van der Waals surface area contributed by atoms with Crippen LogP contribution in [0.2, 0.25) is 0 Å². The molecule has 20 rings (SSSR count). The number of aromatic nitrogens is 5. The average molecular weight is 1920 g/mol. The minimum Gasteiger partial charge on any atom is -0.455 e. The van der Waals surface area contributed by atoms with E-state index in [2.05, 4.69) is 45.5 Å². The molecule has 0 radical (unpaired) electrons. The van der Waals surface area contributed by atoms with E-state index in [1.54, 1.807) is 95.4 Å². The van der Waals surface area contributed by atoms with Crippen molar-refractivity contribution in [3.63, 3.8) is 0 Å². The summed E-state index contributed by atoms with van der Waals surface area (Å²) < 4.78 is 196. The van der Waals surface area contributed by atoms with E-state index in [1.807, 2.05) is 252 Å². The molecular weight excluding hydrogens is 1770 g/mol. The Morgan fingerprint density at radius 1 is 0.278 bits per heavy atom. The Morgan fingerprint density at radius 3 is 0.840 bits per heavy atom. The van der Waals surface area contributed by atoms with Crippen molar-refractivity contribution in [1.82, 2.24) is 0 Å². The third kappa shape index (κ3) is 19.2. The van der Waals surface area contributed by atoms with E-state index in [1.165, 1.54) is 6.92 Å². The molecular formula is C129H133N10O5+5. The zero-order chi connectivity index (χ0) is 119. The molecule has 0 N–H and O–H groups in total. The van der Waals surface area contributed by atoms with Gasteiger partial charge in [-0.15, -0.1) is 0 Å². The van der Waals surface area contributed by atoms with Gasteiger partial charge in [0.1, 0.15) is 91.1 Å². The molecule has 0 spiro atoms. The lowest BCUT2D eigenvalue weighted by atomic mass is 9.95. The summed E-state index contributed by atoms with van der Waals surface area (Å²) in [5.41, 5.74) is 30.2. The molecule has 10 heterocycles. The lowest BCUT2D eigenvalue weighted by Crippen LogP contribution is -2.35. The number of hydrogen-bond donors (Lipinski definition) is 0. The lowest BCUT2D eigenvalue weighted by Gasteiger charge is -2.11. The highest BCUT2D eigenvalue weighted by Gasteiger charge is 2.33. The number of pyridine rings is 5. The Morgan fingerprint density at radius 2 is 0.542 bits per heavy atom. The van der Waals surface area contributed by atoms with Crippen LogP contribution in [0.3, 0.4) is 0 Å². The second kappa shape index (κ2) is 40.8. The number of benzene rings is 10. The number of nitriles is 5. The summed E-state index contributed by atoms with van der Waals surface area (Å²) in [4.78, 5) is 0. The molecule has 0 saturated heterocycles. The van der Waals surface area contributed by atoms with E-state index in [0.717, 1.165) is 149 Å². The highest BCUT2D eigenvalue weighted by atomic mass is 16.3. The minimum atomic E-state index is -2.73. The third-order valence-corrected chi connectivity index (χ3v) is 26.9. The number of nitrogens with zero attached hydrogens (tertiary/aromatic N) is 10. The van der Waals surface area contributed by atoms with E-state index in [4.69, 9.17) is 46.8 Å². The number of aryl methyl sites for hydroxylation is 12. The van der Waals surface area contributed by atoms with E-state index < -0.39 is 50.1 Å². The Balaban J connectivity index is 0.000000142. The van der Waals surface area contributed by atoms with Crippen LogP contribution in [-0.2, 0) is 60.7 Å². The van der Waals surface area contributed by atoms with Crippen LogP contribution in [0, 0.1) is 184 Å². The fraction of sp³-hybridized carbons (Fsp3) is 0.302. The molecule has 10 aromatic heterocycles. The van der Waals surface area contributed by atoms with Crippen LogP contribution in [-0.4, -0.2) is 0 Å². The van der Waals surface area contributed by atoms with Crippen molar-refractivity contribution in [2.75, 3.05) is 0 Å². The van der Waals surface area contributed by atoms with Crippen molar-refractivity contribution in [3.8, 4) is 86.6 Å².